The number of nitrogens with zero attached hydrogens (tertiary/aromatic N) is 1. The van der Waals surface area contributed by atoms with Crippen LogP contribution < -0.4 is 5.32 Å². The van der Waals surface area contributed by atoms with Crippen molar-refractivity contribution in [2.45, 2.75) is 37.8 Å². The first kappa shape index (κ1) is 17.0. The first-order valence-corrected chi connectivity index (χ1v) is 8.79. The fourth-order valence-corrected chi connectivity index (χ4v) is 4.46. The molecule has 2 atom stereocenters. The number of ether oxygens (including phenoxy) is 1. The normalized spacial score (nSPS) is 27.7. The van der Waals surface area contributed by atoms with E-state index in [2.05, 4.69) is 5.32 Å². The molecule has 2 heterocycles. The van der Waals surface area contributed by atoms with Gasteiger partial charge in [0.15, 0.2) is 5.60 Å². The molecule has 0 aliphatic carbocycles. The number of amides is 1. The Morgan fingerprint density at radius 2 is 2.22 bits per heavy atom. The van der Waals surface area contributed by atoms with Gasteiger partial charge in [-0.05, 0) is 56.0 Å². The van der Waals surface area contributed by atoms with Gasteiger partial charge in [-0.3, -0.25) is 4.79 Å². The van der Waals surface area contributed by atoms with E-state index >= 15 is 0 Å². The predicted octanol–water partition coefficient (Wildman–Crippen LogP) is 3.21. The molecule has 1 fully saturated rings. The number of piperidine rings is 1. The lowest BCUT2D eigenvalue weighted by Gasteiger charge is -2.43. The van der Waals surface area contributed by atoms with Crippen molar-refractivity contribution in [1.82, 2.24) is 10.2 Å². The monoisotopic (exact) mass is 356 g/mol. The maximum atomic E-state index is 13.2. The van der Waals surface area contributed by atoms with E-state index < -0.39 is 5.60 Å². The number of carbonyl (C=O) groups is 1. The molecule has 0 spiro atoms. The largest absolute Gasteiger partial charge is 0.367 e. The lowest BCUT2D eigenvalue weighted by atomic mass is 9.88. The topological polar surface area (TPSA) is 41.6 Å². The SMILES string of the molecule is COC1(C(=O)N2CCc3cc(Cl)cc(Cl)c3[C@@H]2C)CCCNC1. The van der Waals surface area contributed by atoms with Crippen LogP contribution in [0.3, 0.4) is 0 Å². The second-order valence-corrected chi connectivity index (χ2v) is 7.21. The van der Waals surface area contributed by atoms with E-state index in [1.807, 2.05) is 17.9 Å². The van der Waals surface area contributed by atoms with Crippen molar-refractivity contribution in [2.24, 2.45) is 0 Å². The van der Waals surface area contributed by atoms with Gasteiger partial charge in [-0.15, -0.1) is 0 Å². The summed E-state index contributed by atoms with van der Waals surface area (Å²) in [7, 11) is 1.63. The number of hydrogen-bond donors (Lipinski definition) is 1. The Balaban J connectivity index is 1.91. The van der Waals surface area contributed by atoms with Crippen LogP contribution >= 0.6 is 23.2 Å². The molecule has 0 radical (unpaired) electrons. The van der Waals surface area contributed by atoms with Crippen LogP contribution in [0, 0.1) is 0 Å². The standard InChI is InChI=1S/C17H22Cl2N2O2/c1-11-15-12(8-13(18)9-14(15)19)4-7-21(11)16(22)17(23-2)5-3-6-20-10-17/h8-9,11,20H,3-7,10H2,1-2H3/t11-,17?/m0/s1. The Morgan fingerprint density at radius 1 is 1.43 bits per heavy atom. The quantitative estimate of drug-likeness (QED) is 0.884. The summed E-state index contributed by atoms with van der Waals surface area (Å²) in [5.41, 5.74) is 1.38. The number of methoxy groups -OCH3 is 1. The highest BCUT2D eigenvalue weighted by atomic mass is 35.5. The van der Waals surface area contributed by atoms with Gasteiger partial charge in [0.1, 0.15) is 0 Å². The maximum absolute atomic E-state index is 13.2. The van der Waals surface area contributed by atoms with E-state index in [1.54, 1.807) is 13.2 Å². The predicted molar refractivity (Wildman–Crippen MR) is 92.1 cm³/mol. The molecule has 4 nitrogen and oxygen atoms in total. The third-order valence-corrected chi connectivity index (χ3v) is 5.60. The van der Waals surface area contributed by atoms with Crippen molar-refractivity contribution in [3.8, 4) is 0 Å². The number of benzene rings is 1. The van der Waals surface area contributed by atoms with Gasteiger partial charge in [0.25, 0.3) is 5.91 Å². The number of carbonyl (C=O) groups excluding carboxylic acids is 1. The zero-order valence-corrected chi connectivity index (χ0v) is 15.0. The van der Waals surface area contributed by atoms with Crippen LogP contribution in [0.2, 0.25) is 10.0 Å². The van der Waals surface area contributed by atoms with Crippen molar-refractivity contribution in [3.63, 3.8) is 0 Å². The minimum absolute atomic E-state index is 0.0522. The molecule has 1 aromatic carbocycles. The molecule has 6 heteroatoms. The second-order valence-electron chi connectivity index (χ2n) is 6.36. The first-order valence-electron chi connectivity index (χ1n) is 8.03. The van der Waals surface area contributed by atoms with E-state index in [4.69, 9.17) is 27.9 Å². The van der Waals surface area contributed by atoms with Crippen LogP contribution in [0.5, 0.6) is 0 Å². The van der Waals surface area contributed by atoms with Crippen molar-refractivity contribution in [3.05, 3.63) is 33.3 Å². The highest BCUT2D eigenvalue weighted by Crippen LogP contribution is 2.38. The van der Waals surface area contributed by atoms with Gasteiger partial charge in [-0.25, -0.2) is 0 Å². The van der Waals surface area contributed by atoms with Crippen LogP contribution in [0.4, 0.5) is 0 Å². The summed E-state index contributed by atoms with van der Waals surface area (Å²) in [5.74, 6) is 0.0522. The van der Waals surface area contributed by atoms with Gasteiger partial charge in [0, 0.05) is 30.2 Å². The van der Waals surface area contributed by atoms with Crippen LogP contribution in [0.1, 0.15) is 36.9 Å². The first-order chi connectivity index (χ1) is 11.0. The molecule has 1 saturated heterocycles. The fraction of sp³-hybridized carbons (Fsp3) is 0.588. The third kappa shape index (κ3) is 2.98. The summed E-state index contributed by atoms with van der Waals surface area (Å²) >= 11 is 12.5. The molecule has 3 rings (SSSR count). The van der Waals surface area contributed by atoms with Gasteiger partial charge in [0.05, 0.1) is 6.04 Å². The molecule has 0 bridgehead atoms. The highest BCUT2D eigenvalue weighted by molar-refractivity contribution is 6.35. The molecule has 126 valence electrons. The highest BCUT2D eigenvalue weighted by Gasteiger charge is 2.45. The van der Waals surface area contributed by atoms with Crippen LogP contribution in [0.15, 0.2) is 12.1 Å². The van der Waals surface area contributed by atoms with Gasteiger partial charge in [0.2, 0.25) is 0 Å². The minimum atomic E-state index is -0.761. The van der Waals surface area contributed by atoms with Gasteiger partial charge < -0.3 is 15.0 Å². The lowest BCUT2D eigenvalue weighted by Crippen LogP contribution is -2.59. The summed E-state index contributed by atoms with van der Waals surface area (Å²) in [5, 5.41) is 4.56. The van der Waals surface area contributed by atoms with Crippen LogP contribution in [-0.4, -0.2) is 43.2 Å². The molecule has 23 heavy (non-hydrogen) atoms. The number of hydrogen-bond acceptors (Lipinski definition) is 3. The Labute approximate surface area is 147 Å². The van der Waals surface area contributed by atoms with Gasteiger partial charge >= 0.3 is 0 Å². The van der Waals surface area contributed by atoms with Crippen LogP contribution in [0.25, 0.3) is 0 Å². The molecular weight excluding hydrogens is 335 g/mol. The summed E-state index contributed by atoms with van der Waals surface area (Å²) in [6.45, 7) is 4.18. The molecule has 1 unspecified atom stereocenters. The lowest BCUT2D eigenvalue weighted by molar-refractivity contribution is -0.160. The molecule has 0 saturated carbocycles. The van der Waals surface area contributed by atoms with Crippen molar-refractivity contribution in [1.29, 1.82) is 0 Å². The van der Waals surface area contributed by atoms with E-state index in [-0.39, 0.29) is 11.9 Å². The Hall–Kier alpha value is -0.810. The molecule has 1 amide bonds. The maximum Gasteiger partial charge on any atom is 0.256 e. The van der Waals surface area contributed by atoms with Crippen molar-refractivity contribution >= 4 is 29.1 Å². The number of nitrogens with one attached hydrogen (secondary N) is 1. The van der Waals surface area contributed by atoms with E-state index in [9.17, 15) is 4.79 Å². The summed E-state index contributed by atoms with van der Waals surface area (Å²) in [6.07, 6.45) is 2.45. The number of fused-ring (bicyclic) bond motifs is 1. The molecule has 2 aliphatic rings. The Kier molecular flexibility index (Phi) is 4.88. The third-order valence-electron chi connectivity index (χ3n) is 5.07. The molecule has 0 aromatic heterocycles. The van der Waals surface area contributed by atoms with Crippen LogP contribution in [-0.2, 0) is 16.0 Å². The summed E-state index contributed by atoms with van der Waals surface area (Å²) in [6, 6.07) is 3.63. The second kappa shape index (κ2) is 6.60. The average molecular weight is 357 g/mol. The molecule has 1 N–H and O–H groups in total. The van der Waals surface area contributed by atoms with Gasteiger partial charge in [-0.2, -0.15) is 0 Å². The zero-order valence-electron chi connectivity index (χ0n) is 13.5. The number of rotatable bonds is 2. The summed E-state index contributed by atoms with van der Waals surface area (Å²) in [4.78, 5) is 15.1. The molecule has 2 aliphatic heterocycles. The Bertz CT molecular complexity index is 615. The summed E-state index contributed by atoms with van der Waals surface area (Å²) < 4.78 is 5.67. The smallest absolute Gasteiger partial charge is 0.256 e. The minimum Gasteiger partial charge on any atom is -0.367 e. The van der Waals surface area contributed by atoms with E-state index in [1.165, 1.54) is 0 Å². The van der Waals surface area contributed by atoms with E-state index in [0.29, 0.717) is 23.1 Å². The molecule has 1 aromatic rings. The molecular formula is C17H22Cl2N2O2. The Morgan fingerprint density at radius 3 is 2.87 bits per heavy atom. The fourth-order valence-electron chi connectivity index (χ4n) is 3.76. The zero-order chi connectivity index (χ0) is 16.6. The van der Waals surface area contributed by atoms with Crippen molar-refractivity contribution in [2.75, 3.05) is 26.7 Å². The van der Waals surface area contributed by atoms with E-state index in [0.717, 1.165) is 36.9 Å². The van der Waals surface area contributed by atoms with Gasteiger partial charge in [-0.1, -0.05) is 23.2 Å². The number of halogens is 2. The average Bonchev–Trinajstić information content (AvgIpc) is 2.54. The van der Waals surface area contributed by atoms with Crippen molar-refractivity contribution < 1.29 is 9.53 Å².